The van der Waals surface area contributed by atoms with Crippen LogP contribution in [0.1, 0.15) is 43.9 Å². The molecule has 5 heteroatoms. The number of rotatable bonds is 10. The second-order valence-corrected chi connectivity index (χ2v) is 10.1. The highest BCUT2D eigenvalue weighted by Gasteiger charge is 2.36. The van der Waals surface area contributed by atoms with Gasteiger partial charge in [0.2, 0.25) is 0 Å². The monoisotopic (exact) mass is 414 g/mol. The smallest absolute Gasteiger partial charge is 0.151 e. The molecule has 1 heterocycles. The normalized spacial score (nSPS) is 18.7. The Hall–Kier alpha value is -1.69. The Balaban J connectivity index is 1.92. The second kappa shape index (κ2) is 10.4. The van der Waals surface area contributed by atoms with Gasteiger partial charge in [0, 0.05) is 12.6 Å². The highest BCUT2D eigenvalue weighted by atomic mass is 32.2. The summed E-state index contributed by atoms with van der Waals surface area (Å²) in [6.07, 6.45) is 1.76. The third kappa shape index (κ3) is 5.91. The maximum Gasteiger partial charge on any atom is 0.151 e. The Morgan fingerprint density at radius 1 is 0.897 bits per heavy atom. The van der Waals surface area contributed by atoms with E-state index in [0.29, 0.717) is 5.75 Å². The average Bonchev–Trinajstić information content (AvgIpc) is 3.11. The van der Waals surface area contributed by atoms with E-state index in [2.05, 4.69) is 72.2 Å². The summed E-state index contributed by atoms with van der Waals surface area (Å²) in [6, 6.07) is 21.2. The molecular formula is C24H34N2O2S. The molecule has 0 radical (unpaired) electrons. The van der Waals surface area contributed by atoms with E-state index in [1.165, 1.54) is 11.1 Å². The number of benzene rings is 2. The molecule has 0 bridgehead atoms. The molecule has 0 aromatic heterocycles. The zero-order chi connectivity index (χ0) is 20.7. The summed E-state index contributed by atoms with van der Waals surface area (Å²) < 4.78 is 24.6. The van der Waals surface area contributed by atoms with E-state index in [0.717, 1.165) is 39.0 Å². The first-order valence-electron chi connectivity index (χ1n) is 10.8. The van der Waals surface area contributed by atoms with Gasteiger partial charge < -0.3 is 4.90 Å². The molecule has 0 unspecified atom stereocenters. The molecule has 0 amide bonds. The van der Waals surface area contributed by atoms with Gasteiger partial charge in [0.05, 0.1) is 17.5 Å². The topological polar surface area (TPSA) is 40.6 Å². The highest BCUT2D eigenvalue weighted by Crippen LogP contribution is 2.33. The lowest BCUT2D eigenvalue weighted by Gasteiger charge is -2.37. The van der Waals surface area contributed by atoms with Crippen LogP contribution in [0.4, 0.5) is 0 Å². The third-order valence-electron chi connectivity index (χ3n) is 6.02. The summed E-state index contributed by atoms with van der Waals surface area (Å²) in [5.41, 5.74) is 2.46. The first-order chi connectivity index (χ1) is 14.0. The summed E-state index contributed by atoms with van der Waals surface area (Å²) in [5.74, 6) is 0.578. The quantitative estimate of drug-likeness (QED) is 0.589. The van der Waals surface area contributed by atoms with Crippen molar-refractivity contribution in [2.24, 2.45) is 0 Å². The van der Waals surface area contributed by atoms with Crippen LogP contribution in [-0.2, 0) is 9.84 Å². The molecule has 0 saturated carbocycles. The second-order valence-electron chi connectivity index (χ2n) is 7.90. The minimum atomic E-state index is -2.94. The Kier molecular flexibility index (Phi) is 7.87. The first kappa shape index (κ1) is 22.0. The van der Waals surface area contributed by atoms with E-state index >= 15 is 0 Å². The number of nitrogens with zero attached hydrogens (tertiary/aromatic N) is 2. The molecule has 0 spiro atoms. The Bertz CT molecular complexity index is 796. The molecule has 29 heavy (non-hydrogen) atoms. The van der Waals surface area contributed by atoms with Gasteiger partial charge in [0.1, 0.15) is 0 Å². The van der Waals surface area contributed by atoms with Crippen molar-refractivity contribution in [1.29, 1.82) is 0 Å². The van der Waals surface area contributed by atoms with Crippen molar-refractivity contribution in [2.75, 3.05) is 37.7 Å². The molecule has 2 aromatic carbocycles. The molecular weight excluding hydrogens is 380 g/mol. The van der Waals surface area contributed by atoms with Gasteiger partial charge in [-0.25, -0.2) is 8.42 Å². The molecule has 158 valence electrons. The standard InChI is InChI=1S/C24H34N2O2S/c1-3-25(4-2)17-11-18-26(23-16-19-29(27,28)20-23)24(21-12-7-5-8-13-21)22-14-9-6-10-15-22/h5-10,12-15,23-24H,3-4,11,16-20H2,1-2H3/t23-/m1/s1. The van der Waals surface area contributed by atoms with E-state index < -0.39 is 9.84 Å². The van der Waals surface area contributed by atoms with Crippen LogP contribution in [0.25, 0.3) is 0 Å². The third-order valence-corrected chi connectivity index (χ3v) is 7.78. The van der Waals surface area contributed by atoms with Crippen molar-refractivity contribution in [2.45, 2.75) is 38.8 Å². The number of hydrogen-bond donors (Lipinski definition) is 0. The maximum atomic E-state index is 12.3. The van der Waals surface area contributed by atoms with Crippen LogP contribution in [0.5, 0.6) is 0 Å². The molecule has 1 aliphatic heterocycles. The van der Waals surface area contributed by atoms with Gasteiger partial charge >= 0.3 is 0 Å². The van der Waals surface area contributed by atoms with Crippen molar-refractivity contribution < 1.29 is 8.42 Å². The molecule has 2 aromatic rings. The SMILES string of the molecule is CCN(CC)CCCN(C(c1ccccc1)c1ccccc1)[C@@H]1CCS(=O)(=O)C1. The van der Waals surface area contributed by atoms with Crippen LogP contribution >= 0.6 is 0 Å². The van der Waals surface area contributed by atoms with E-state index in [-0.39, 0.29) is 17.8 Å². The van der Waals surface area contributed by atoms with Crippen LogP contribution in [-0.4, -0.2) is 61.9 Å². The molecule has 1 fully saturated rings. The molecule has 1 atom stereocenters. The minimum absolute atomic E-state index is 0.0714. The lowest BCUT2D eigenvalue weighted by molar-refractivity contribution is 0.157. The zero-order valence-corrected chi connectivity index (χ0v) is 18.5. The van der Waals surface area contributed by atoms with Crippen LogP contribution in [0.3, 0.4) is 0 Å². The van der Waals surface area contributed by atoms with Gasteiger partial charge in [-0.15, -0.1) is 0 Å². The molecule has 1 aliphatic rings. The Morgan fingerprint density at radius 3 is 1.90 bits per heavy atom. The van der Waals surface area contributed by atoms with Gasteiger partial charge in [-0.1, -0.05) is 74.5 Å². The lowest BCUT2D eigenvalue weighted by atomic mass is 9.95. The van der Waals surface area contributed by atoms with Crippen molar-refractivity contribution in [3.05, 3.63) is 71.8 Å². The predicted octanol–water partition coefficient (Wildman–Crippen LogP) is 4.00. The predicted molar refractivity (Wildman–Crippen MR) is 121 cm³/mol. The summed E-state index contributed by atoms with van der Waals surface area (Å²) >= 11 is 0. The van der Waals surface area contributed by atoms with Gasteiger partial charge in [0.15, 0.2) is 9.84 Å². The maximum absolute atomic E-state index is 12.3. The van der Waals surface area contributed by atoms with Gasteiger partial charge in [-0.2, -0.15) is 0 Å². The molecule has 0 aliphatic carbocycles. The van der Waals surface area contributed by atoms with E-state index in [9.17, 15) is 8.42 Å². The van der Waals surface area contributed by atoms with Crippen LogP contribution < -0.4 is 0 Å². The molecule has 1 saturated heterocycles. The Morgan fingerprint density at radius 2 is 1.45 bits per heavy atom. The fourth-order valence-corrected chi connectivity index (χ4v) is 6.16. The van der Waals surface area contributed by atoms with E-state index in [1.54, 1.807) is 0 Å². The summed E-state index contributed by atoms with van der Waals surface area (Å²) in [7, 11) is -2.94. The van der Waals surface area contributed by atoms with Gasteiger partial charge in [-0.05, 0) is 43.6 Å². The first-order valence-corrected chi connectivity index (χ1v) is 12.6. The summed E-state index contributed by atoms with van der Waals surface area (Å²) in [5, 5.41) is 0. The van der Waals surface area contributed by atoms with E-state index in [4.69, 9.17) is 0 Å². The van der Waals surface area contributed by atoms with Gasteiger partial charge in [0.25, 0.3) is 0 Å². The number of hydrogen-bond acceptors (Lipinski definition) is 4. The van der Waals surface area contributed by atoms with Crippen LogP contribution in [0.2, 0.25) is 0 Å². The molecule has 0 N–H and O–H groups in total. The van der Waals surface area contributed by atoms with Crippen molar-refractivity contribution in [3.63, 3.8) is 0 Å². The van der Waals surface area contributed by atoms with Gasteiger partial charge in [-0.3, -0.25) is 4.90 Å². The fraction of sp³-hybridized carbons (Fsp3) is 0.500. The minimum Gasteiger partial charge on any atom is -0.304 e. The summed E-state index contributed by atoms with van der Waals surface area (Å²) in [4.78, 5) is 4.89. The largest absolute Gasteiger partial charge is 0.304 e. The molecule has 3 rings (SSSR count). The highest BCUT2D eigenvalue weighted by molar-refractivity contribution is 7.91. The fourth-order valence-electron chi connectivity index (χ4n) is 4.42. The van der Waals surface area contributed by atoms with Crippen LogP contribution in [0, 0.1) is 0 Å². The van der Waals surface area contributed by atoms with Crippen molar-refractivity contribution in [1.82, 2.24) is 9.80 Å². The summed E-state index contributed by atoms with van der Waals surface area (Å²) in [6.45, 7) is 8.43. The molecule has 4 nitrogen and oxygen atoms in total. The van der Waals surface area contributed by atoms with Crippen LogP contribution in [0.15, 0.2) is 60.7 Å². The number of sulfone groups is 1. The lowest BCUT2D eigenvalue weighted by Crippen LogP contribution is -2.41. The van der Waals surface area contributed by atoms with Crippen molar-refractivity contribution in [3.8, 4) is 0 Å². The van der Waals surface area contributed by atoms with E-state index in [1.807, 2.05) is 12.1 Å². The average molecular weight is 415 g/mol. The zero-order valence-electron chi connectivity index (χ0n) is 17.7. The van der Waals surface area contributed by atoms with Crippen molar-refractivity contribution >= 4 is 9.84 Å². The Labute approximate surface area is 176 Å².